The summed E-state index contributed by atoms with van der Waals surface area (Å²) in [6.45, 7) is 3.19. The minimum absolute atomic E-state index is 0.0310. The first kappa shape index (κ1) is 14.1. The summed E-state index contributed by atoms with van der Waals surface area (Å²) in [7, 11) is -2.92. The van der Waals surface area contributed by atoms with Gasteiger partial charge in [0.05, 0.1) is 17.6 Å². The quantitative estimate of drug-likeness (QED) is 0.784. The third kappa shape index (κ3) is 4.07. The molecule has 0 saturated carbocycles. The van der Waals surface area contributed by atoms with Crippen LogP contribution < -0.4 is 0 Å². The predicted molar refractivity (Wildman–Crippen MR) is 70.8 cm³/mol. The lowest BCUT2D eigenvalue weighted by Crippen LogP contribution is -2.49. The van der Waals surface area contributed by atoms with Gasteiger partial charge in [-0.3, -0.25) is 9.69 Å². The highest BCUT2D eigenvalue weighted by molar-refractivity contribution is 7.90. The number of nitrogens with zero attached hydrogens (tertiary/aromatic N) is 2. The molecular weight excluding hydrogens is 268 g/mol. The number of amides is 1. The van der Waals surface area contributed by atoms with Crippen molar-refractivity contribution in [3.8, 4) is 0 Å². The monoisotopic (exact) mass is 286 g/mol. The van der Waals surface area contributed by atoms with Crippen molar-refractivity contribution in [2.75, 3.05) is 44.7 Å². The van der Waals surface area contributed by atoms with Crippen LogP contribution in [-0.2, 0) is 9.84 Å². The molecule has 19 heavy (non-hydrogen) atoms. The molecule has 1 fully saturated rings. The number of hydrogen-bond acceptors (Lipinski definition) is 5. The standard InChI is InChI=1S/C12H18N2O4S/c1-19(16,17)9-7-13-3-5-14(6-4-13)12(15)11-2-8-18-10-11/h2,8,10H,3-7,9H2,1H3. The molecule has 7 heteroatoms. The van der Waals surface area contributed by atoms with Crippen LogP contribution in [-0.4, -0.2) is 68.9 Å². The van der Waals surface area contributed by atoms with E-state index in [4.69, 9.17) is 4.42 Å². The Labute approximate surface area is 112 Å². The highest BCUT2D eigenvalue weighted by atomic mass is 32.2. The van der Waals surface area contributed by atoms with Crippen molar-refractivity contribution in [1.82, 2.24) is 9.80 Å². The zero-order chi connectivity index (χ0) is 13.9. The topological polar surface area (TPSA) is 70.8 Å². The molecular formula is C12H18N2O4S. The van der Waals surface area contributed by atoms with Crippen molar-refractivity contribution in [3.63, 3.8) is 0 Å². The third-order valence-corrected chi connectivity index (χ3v) is 4.13. The van der Waals surface area contributed by atoms with Gasteiger partial charge in [-0.1, -0.05) is 0 Å². The van der Waals surface area contributed by atoms with Gasteiger partial charge in [0.15, 0.2) is 0 Å². The second-order valence-corrected chi connectivity index (χ2v) is 7.04. The fourth-order valence-electron chi connectivity index (χ4n) is 2.04. The SMILES string of the molecule is CS(=O)(=O)CCN1CCN(C(=O)c2ccoc2)CC1. The molecule has 106 valence electrons. The maximum atomic E-state index is 12.0. The zero-order valence-electron chi connectivity index (χ0n) is 10.9. The lowest BCUT2D eigenvalue weighted by Gasteiger charge is -2.34. The molecule has 1 aliphatic heterocycles. The van der Waals surface area contributed by atoms with E-state index < -0.39 is 9.84 Å². The summed E-state index contributed by atoms with van der Waals surface area (Å²) in [6, 6.07) is 1.65. The van der Waals surface area contributed by atoms with Crippen LogP contribution in [0.2, 0.25) is 0 Å². The Bertz CT molecular complexity index is 516. The van der Waals surface area contributed by atoms with Crippen LogP contribution in [0.3, 0.4) is 0 Å². The van der Waals surface area contributed by atoms with Gasteiger partial charge in [-0.25, -0.2) is 8.42 Å². The molecule has 0 radical (unpaired) electrons. The number of rotatable bonds is 4. The van der Waals surface area contributed by atoms with Crippen molar-refractivity contribution in [2.24, 2.45) is 0 Å². The van der Waals surface area contributed by atoms with Gasteiger partial charge in [0.2, 0.25) is 0 Å². The van der Waals surface area contributed by atoms with Crippen molar-refractivity contribution in [3.05, 3.63) is 24.2 Å². The zero-order valence-corrected chi connectivity index (χ0v) is 11.7. The van der Waals surface area contributed by atoms with Crippen LogP contribution in [0.4, 0.5) is 0 Å². The van der Waals surface area contributed by atoms with Crippen molar-refractivity contribution in [1.29, 1.82) is 0 Å². The normalized spacial score (nSPS) is 17.6. The molecule has 0 atom stereocenters. The molecule has 2 rings (SSSR count). The maximum absolute atomic E-state index is 12.0. The Hall–Kier alpha value is -1.34. The summed E-state index contributed by atoms with van der Waals surface area (Å²) < 4.78 is 27.1. The number of carbonyl (C=O) groups excluding carboxylic acids is 1. The number of furan rings is 1. The summed E-state index contributed by atoms with van der Waals surface area (Å²) in [5.41, 5.74) is 0.560. The fraction of sp³-hybridized carbons (Fsp3) is 0.583. The van der Waals surface area contributed by atoms with Crippen LogP contribution in [0.15, 0.2) is 23.0 Å². The molecule has 0 aromatic carbocycles. The highest BCUT2D eigenvalue weighted by Gasteiger charge is 2.22. The Morgan fingerprint density at radius 2 is 2.00 bits per heavy atom. The smallest absolute Gasteiger partial charge is 0.257 e. The Morgan fingerprint density at radius 1 is 1.32 bits per heavy atom. The maximum Gasteiger partial charge on any atom is 0.257 e. The molecule has 0 aliphatic carbocycles. The van der Waals surface area contributed by atoms with Gasteiger partial charge >= 0.3 is 0 Å². The predicted octanol–water partition coefficient (Wildman–Crippen LogP) is 0.0820. The minimum Gasteiger partial charge on any atom is -0.472 e. The number of sulfone groups is 1. The summed E-state index contributed by atoms with van der Waals surface area (Å²) in [4.78, 5) is 15.9. The first-order valence-electron chi connectivity index (χ1n) is 6.17. The molecule has 0 bridgehead atoms. The van der Waals surface area contributed by atoms with Gasteiger partial charge in [0, 0.05) is 39.0 Å². The van der Waals surface area contributed by atoms with E-state index in [1.807, 2.05) is 0 Å². The molecule has 0 spiro atoms. The Kier molecular flexibility index (Phi) is 4.26. The van der Waals surface area contributed by atoms with Crippen LogP contribution >= 0.6 is 0 Å². The van der Waals surface area contributed by atoms with Crippen molar-refractivity contribution < 1.29 is 17.6 Å². The molecule has 1 aromatic heterocycles. The molecule has 0 N–H and O–H groups in total. The van der Waals surface area contributed by atoms with Crippen LogP contribution in [0, 0.1) is 0 Å². The minimum atomic E-state index is -2.92. The number of carbonyl (C=O) groups is 1. The molecule has 1 aliphatic rings. The van der Waals surface area contributed by atoms with Crippen LogP contribution in [0.5, 0.6) is 0 Å². The summed E-state index contributed by atoms with van der Waals surface area (Å²) in [5.74, 6) is 0.138. The first-order chi connectivity index (χ1) is 8.96. The summed E-state index contributed by atoms with van der Waals surface area (Å²) >= 11 is 0. The van der Waals surface area contributed by atoms with Gasteiger partial charge in [-0.2, -0.15) is 0 Å². The van der Waals surface area contributed by atoms with E-state index in [-0.39, 0.29) is 11.7 Å². The molecule has 0 unspecified atom stereocenters. The average molecular weight is 286 g/mol. The van der Waals surface area contributed by atoms with Crippen molar-refractivity contribution >= 4 is 15.7 Å². The van der Waals surface area contributed by atoms with Gasteiger partial charge in [-0.05, 0) is 6.07 Å². The second kappa shape index (κ2) is 5.75. The summed E-state index contributed by atoms with van der Waals surface area (Å²) in [5, 5.41) is 0. The van der Waals surface area contributed by atoms with Gasteiger partial charge in [0.25, 0.3) is 5.91 Å². The second-order valence-electron chi connectivity index (χ2n) is 4.78. The van der Waals surface area contributed by atoms with E-state index in [1.165, 1.54) is 18.8 Å². The van der Waals surface area contributed by atoms with E-state index >= 15 is 0 Å². The molecule has 1 aromatic rings. The fourth-order valence-corrected chi connectivity index (χ4v) is 2.63. The van der Waals surface area contributed by atoms with Gasteiger partial charge in [0.1, 0.15) is 16.1 Å². The third-order valence-electron chi connectivity index (χ3n) is 3.21. The lowest BCUT2D eigenvalue weighted by atomic mass is 10.2. The first-order valence-corrected chi connectivity index (χ1v) is 8.23. The summed E-state index contributed by atoms with van der Waals surface area (Å²) in [6.07, 6.45) is 4.17. The number of hydrogen-bond donors (Lipinski definition) is 0. The molecule has 6 nitrogen and oxygen atoms in total. The van der Waals surface area contributed by atoms with Gasteiger partial charge < -0.3 is 9.32 Å². The molecule has 1 amide bonds. The van der Waals surface area contributed by atoms with E-state index in [0.29, 0.717) is 38.3 Å². The molecule has 2 heterocycles. The van der Waals surface area contributed by atoms with Gasteiger partial charge in [-0.15, -0.1) is 0 Å². The highest BCUT2D eigenvalue weighted by Crippen LogP contribution is 2.09. The Balaban J connectivity index is 1.81. The van der Waals surface area contributed by atoms with Crippen molar-refractivity contribution in [2.45, 2.75) is 0 Å². The van der Waals surface area contributed by atoms with E-state index in [9.17, 15) is 13.2 Å². The van der Waals surface area contributed by atoms with E-state index in [0.717, 1.165) is 0 Å². The van der Waals surface area contributed by atoms with E-state index in [2.05, 4.69) is 4.90 Å². The average Bonchev–Trinajstić information content (AvgIpc) is 2.89. The number of piperazine rings is 1. The lowest BCUT2D eigenvalue weighted by molar-refractivity contribution is 0.0643. The van der Waals surface area contributed by atoms with Crippen LogP contribution in [0.1, 0.15) is 10.4 Å². The molecule has 1 saturated heterocycles. The largest absolute Gasteiger partial charge is 0.472 e. The van der Waals surface area contributed by atoms with E-state index in [1.54, 1.807) is 11.0 Å². The Morgan fingerprint density at radius 3 is 2.53 bits per heavy atom. The van der Waals surface area contributed by atoms with Crippen LogP contribution in [0.25, 0.3) is 0 Å².